The monoisotopic (exact) mass is 396 g/mol. The summed E-state index contributed by atoms with van der Waals surface area (Å²) in [5.74, 6) is -0.319. The molecular weight excluding hydrogens is 376 g/mol. The molecule has 1 fully saturated rings. The summed E-state index contributed by atoms with van der Waals surface area (Å²) in [6.07, 6.45) is 1.36. The maximum Gasteiger partial charge on any atom is 0.335 e. The maximum atomic E-state index is 13.1. The number of urea groups is 1. The molecule has 0 bridgehead atoms. The van der Waals surface area contributed by atoms with Crippen molar-refractivity contribution in [2.75, 3.05) is 26.2 Å². The van der Waals surface area contributed by atoms with E-state index >= 15 is 0 Å². The van der Waals surface area contributed by atoms with Gasteiger partial charge in [0.15, 0.2) is 11.5 Å². The summed E-state index contributed by atoms with van der Waals surface area (Å²) < 4.78 is 15.9. The summed E-state index contributed by atoms with van der Waals surface area (Å²) >= 11 is 0. The zero-order valence-corrected chi connectivity index (χ0v) is 16.4. The lowest BCUT2D eigenvalue weighted by molar-refractivity contribution is -0.122. The van der Waals surface area contributed by atoms with Crippen molar-refractivity contribution >= 4 is 29.6 Å². The van der Waals surface area contributed by atoms with E-state index in [1.54, 1.807) is 43.3 Å². The lowest BCUT2D eigenvalue weighted by Crippen LogP contribution is -2.54. The number of amides is 4. The zero-order chi connectivity index (χ0) is 21.1. The Morgan fingerprint density at radius 3 is 2.14 bits per heavy atom. The van der Waals surface area contributed by atoms with Crippen LogP contribution in [0.4, 0.5) is 10.5 Å². The maximum absolute atomic E-state index is 13.1. The number of imide groups is 2. The first-order valence-corrected chi connectivity index (χ1v) is 8.68. The Balaban J connectivity index is 2.11. The van der Waals surface area contributed by atoms with Gasteiger partial charge in [0.25, 0.3) is 11.8 Å². The molecule has 0 unspecified atom stereocenters. The van der Waals surface area contributed by atoms with Crippen molar-refractivity contribution < 1.29 is 28.6 Å². The van der Waals surface area contributed by atoms with Crippen molar-refractivity contribution in [1.82, 2.24) is 5.32 Å². The molecule has 1 saturated heterocycles. The van der Waals surface area contributed by atoms with Gasteiger partial charge in [0.05, 0.1) is 27.0 Å². The Morgan fingerprint density at radius 2 is 1.52 bits per heavy atom. The predicted molar refractivity (Wildman–Crippen MR) is 106 cm³/mol. The smallest absolute Gasteiger partial charge is 0.335 e. The Labute approximate surface area is 167 Å². The molecule has 3 rings (SSSR count). The highest BCUT2D eigenvalue weighted by molar-refractivity contribution is 6.39. The standard InChI is InChI=1S/C21H20N2O6/c1-12-7-5-6-8-15(12)23-20(25)14(19(24)22-21(23)26)9-13-10-17(28-3)18(29-4)11-16(13)27-2/h5-11H,1-4H3,(H,22,24,26)/b14-9+. The van der Waals surface area contributed by atoms with Crippen molar-refractivity contribution in [1.29, 1.82) is 0 Å². The van der Waals surface area contributed by atoms with Gasteiger partial charge in [0.2, 0.25) is 0 Å². The van der Waals surface area contributed by atoms with Crippen LogP contribution < -0.4 is 24.4 Å². The van der Waals surface area contributed by atoms with Crippen LogP contribution in [0, 0.1) is 6.92 Å². The molecule has 29 heavy (non-hydrogen) atoms. The fraction of sp³-hybridized carbons (Fsp3) is 0.190. The second kappa shape index (κ2) is 8.05. The third-order valence-electron chi connectivity index (χ3n) is 4.49. The minimum absolute atomic E-state index is 0.210. The molecule has 8 heteroatoms. The van der Waals surface area contributed by atoms with Gasteiger partial charge in [-0.1, -0.05) is 18.2 Å². The van der Waals surface area contributed by atoms with Crippen molar-refractivity contribution in [2.24, 2.45) is 0 Å². The van der Waals surface area contributed by atoms with E-state index in [2.05, 4.69) is 5.32 Å². The SMILES string of the molecule is COc1cc(OC)c(OC)cc1/C=C1\C(=O)NC(=O)N(c2ccccc2C)C1=O. The second-order valence-electron chi connectivity index (χ2n) is 6.19. The highest BCUT2D eigenvalue weighted by Gasteiger charge is 2.37. The van der Waals surface area contributed by atoms with E-state index in [0.717, 1.165) is 4.90 Å². The summed E-state index contributed by atoms with van der Waals surface area (Å²) in [6.45, 7) is 1.77. The van der Waals surface area contributed by atoms with Gasteiger partial charge in [-0.15, -0.1) is 0 Å². The van der Waals surface area contributed by atoms with E-state index < -0.39 is 17.8 Å². The number of anilines is 1. The highest BCUT2D eigenvalue weighted by atomic mass is 16.5. The van der Waals surface area contributed by atoms with E-state index in [4.69, 9.17) is 14.2 Å². The summed E-state index contributed by atoms with van der Waals surface area (Å²) in [4.78, 5) is 38.8. The largest absolute Gasteiger partial charge is 0.496 e. The summed E-state index contributed by atoms with van der Waals surface area (Å²) in [5.41, 5.74) is 1.32. The fourth-order valence-corrected chi connectivity index (χ4v) is 3.01. The molecule has 4 amide bonds. The molecule has 0 radical (unpaired) electrons. The molecule has 0 aliphatic carbocycles. The van der Waals surface area contributed by atoms with Crippen molar-refractivity contribution in [3.05, 3.63) is 53.1 Å². The van der Waals surface area contributed by atoms with Crippen LogP contribution in [0.1, 0.15) is 11.1 Å². The number of barbiturate groups is 1. The molecule has 8 nitrogen and oxygen atoms in total. The number of carbonyl (C=O) groups excluding carboxylic acids is 3. The molecule has 2 aromatic rings. The molecule has 1 aliphatic rings. The van der Waals surface area contributed by atoms with E-state index in [-0.39, 0.29) is 5.57 Å². The lowest BCUT2D eigenvalue weighted by atomic mass is 10.0. The number of hydrogen-bond donors (Lipinski definition) is 1. The number of nitrogens with zero attached hydrogens (tertiary/aromatic N) is 1. The molecule has 0 saturated carbocycles. The molecule has 1 aliphatic heterocycles. The molecule has 1 heterocycles. The van der Waals surface area contributed by atoms with Crippen LogP contribution in [0.15, 0.2) is 42.0 Å². The normalized spacial score (nSPS) is 15.4. The van der Waals surface area contributed by atoms with Gasteiger partial charge in [0, 0.05) is 11.6 Å². The average molecular weight is 396 g/mol. The fourth-order valence-electron chi connectivity index (χ4n) is 3.01. The van der Waals surface area contributed by atoms with Gasteiger partial charge < -0.3 is 14.2 Å². The minimum atomic E-state index is -0.800. The Bertz CT molecular complexity index is 1030. The zero-order valence-electron chi connectivity index (χ0n) is 16.4. The van der Waals surface area contributed by atoms with E-state index in [1.165, 1.54) is 27.4 Å². The van der Waals surface area contributed by atoms with Gasteiger partial charge in [0.1, 0.15) is 11.3 Å². The van der Waals surface area contributed by atoms with Gasteiger partial charge in [-0.2, -0.15) is 0 Å². The Kier molecular flexibility index (Phi) is 5.54. The Morgan fingerprint density at radius 1 is 0.897 bits per heavy atom. The van der Waals surface area contributed by atoms with Crippen LogP contribution in [0.5, 0.6) is 17.2 Å². The van der Waals surface area contributed by atoms with Crippen molar-refractivity contribution in [2.45, 2.75) is 6.92 Å². The number of aryl methyl sites for hydroxylation is 1. The minimum Gasteiger partial charge on any atom is -0.496 e. The van der Waals surface area contributed by atoms with Crippen LogP contribution in [-0.4, -0.2) is 39.2 Å². The Hall–Kier alpha value is -3.81. The molecule has 0 atom stereocenters. The number of ether oxygens (including phenoxy) is 3. The van der Waals surface area contributed by atoms with Crippen molar-refractivity contribution in [3.63, 3.8) is 0 Å². The number of benzene rings is 2. The van der Waals surface area contributed by atoms with E-state index in [1.807, 2.05) is 0 Å². The van der Waals surface area contributed by atoms with Crippen molar-refractivity contribution in [3.8, 4) is 17.2 Å². The van der Waals surface area contributed by atoms with Crippen LogP contribution in [0.3, 0.4) is 0 Å². The quantitative estimate of drug-likeness (QED) is 0.617. The third-order valence-corrected chi connectivity index (χ3v) is 4.49. The second-order valence-corrected chi connectivity index (χ2v) is 6.19. The summed E-state index contributed by atoms with van der Waals surface area (Å²) in [7, 11) is 4.41. The molecule has 2 aromatic carbocycles. The van der Waals surface area contributed by atoms with E-state index in [9.17, 15) is 14.4 Å². The molecular formula is C21H20N2O6. The van der Waals surface area contributed by atoms with Crippen LogP contribution in [0.25, 0.3) is 6.08 Å². The third kappa shape index (κ3) is 3.64. The predicted octanol–water partition coefficient (Wildman–Crippen LogP) is 2.69. The molecule has 150 valence electrons. The molecule has 0 aromatic heterocycles. The first-order valence-electron chi connectivity index (χ1n) is 8.68. The molecule has 1 N–H and O–H groups in total. The van der Waals surface area contributed by atoms with Crippen LogP contribution in [-0.2, 0) is 9.59 Å². The summed E-state index contributed by atoms with van der Waals surface area (Å²) in [6, 6.07) is 9.28. The van der Waals surface area contributed by atoms with Gasteiger partial charge in [-0.05, 0) is 30.7 Å². The number of carbonyl (C=O) groups is 3. The van der Waals surface area contributed by atoms with E-state index in [0.29, 0.717) is 34.1 Å². The van der Waals surface area contributed by atoms with Crippen LogP contribution >= 0.6 is 0 Å². The van der Waals surface area contributed by atoms with Crippen LogP contribution in [0.2, 0.25) is 0 Å². The lowest BCUT2D eigenvalue weighted by Gasteiger charge is -2.27. The topological polar surface area (TPSA) is 94.2 Å². The number of hydrogen-bond acceptors (Lipinski definition) is 6. The van der Waals surface area contributed by atoms with Gasteiger partial charge >= 0.3 is 6.03 Å². The van der Waals surface area contributed by atoms with Gasteiger partial charge in [-0.3, -0.25) is 14.9 Å². The summed E-state index contributed by atoms with van der Waals surface area (Å²) in [5, 5.41) is 2.21. The highest BCUT2D eigenvalue weighted by Crippen LogP contribution is 2.36. The number of methoxy groups -OCH3 is 3. The number of para-hydroxylation sites is 1. The first kappa shape index (κ1) is 19.9. The average Bonchev–Trinajstić information content (AvgIpc) is 2.71. The van der Waals surface area contributed by atoms with Gasteiger partial charge in [-0.25, -0.2) is 9.69 Å². The number of rotatable bonds is 5. The first-order chi connectivity index (χ1) is 13.9. The molecule has 0 spiro atoms. The number of nitrogens with one attached hydrogen (secondary N) is 1.